The summed E-state index contributed by atoms with van der Waals surface area (Å²) in [7, 11) is 1.80. The maximum Gasteiger partial charge on any atom is 0.0491 e. The fraction of sp³-hybridized carbons (Fsp3) is 0.625. The summed E-state index contributed by atoms with van der Waals surface area (Å²) in [5.41, 5.74) is 9.73. The number of methoxy groups -OCH3 is 1. The molecule has 2 rings (SSSR count). The summed E-state index contributed by atoms with van der Waals surface area (Å²) >= 11 is 0. The van der Waals surface area contributed by atoms with Crippen LogP contribution in [0.1, 0.15) is 24.0 Å². The van der Waals surface area contributed by atoms with Gasteiger partial charge < -0.3 is 15.4 Å². The highest BCUT2D eigenvalue weighted by atomic mass is 16.5. The summed E-state index contributed by atoms with van der Waals surface area (Å²) in [6.07, 6.45) is 3.44. The van der Waals surface area contributed by atoms with Crippen LogP contribution in [-0.2, 0) is 11.2 Å². The molecule has 1 saturated heterocycles. The lowest BCUT2D eigenvalue weighted by Gasteiger charge is -2.33. The molecule has 0 saturated carbocycles. The van der Waals surface area contributed by atoms with Gasteiger partial charge >= 0.3 is 0 Å². The number of ether oxygens (including phenoxy) is 1. The van der Waals surface area contributed by atoms with E-state index in [2.05, 4.69) is 30.0 Å². The first-order valence-corrected chi connectivity index (χ1v) is 7.28. The van der Waals surface area contributed by atoms with Crippen LogP contribution in [0.2, 0.25) is 0 Å². The molecule has 0 atom stereocenters. The normalized spacial score (nSPS) is 16.9. The van der Waals surface area contributed by atoms with Crippen molar-refractivity contribution in [3.63, 3.8) is 0 Å². The highest BCUT2D eigenvalue weighted by Crippen LogP contribution is 2.25. The Morgan fingerprint density at radius 2 is 2.05 bits per heavy atom. The van der Waals surface area contributed by atoms with Crippen molar-refractivity contribution in [2.75, 3.05) is 38.3 Å². The maximum atomic E-state index is 5.63. The SMILES string of the molecule is COCC1CCN(c2ccc(CCN)c(C)c2)CC1. The van der Waals surface area contributed by atoms with Crippen LogP contribution in [0.3, 0.4) is 0 Å². The first-order chi connectivity index (χ1) is 9.24. The number of anilines is 1. The summed E-state index contributed by atoms with van der Waals surface area (Å²) in [5, 5.41) is 0. The lowest BCUT2D eigenvalue weighted by Crippen LogP contribution is -2.35. The first kappa shape index (κ1) is 14.4. The third-order valence-corrected chi connectivity index (χ3v) is 4.12. The summed E-state index contributed by atoms with van der Waals surface area (Å²) in [4.78, 5) is 2.49. The van der Waals surface area contributed by atoms with E-state index in [-0.39, 0.29) is 0 Å². The second kappa shape index (κ2) is 6.92. The van der Waals surface area contributed by atoms with Gasteiger partial charge in [0.1, 0.15) is 0 Å². The minimum Gasteiger partial charge on any atom is -0.384 e. The molecule has 2 N–H and O–H groups in total. The van der Waals surface area contributed by atoms with Gasteiger partial charge in [-0.2, -0.15) is 0 Å². The van der Waals surface area contributed by atoms with E-state index in [1.165, 1.54) is 29.7 Å². The molecule has 1 fully saturated rings. The van der Waals surface area contributed by atoms with Gasteiger partial charge in [-0.25, -0.2) is 0 Å². The largest absolute Gasteiger partial charge is 0.384 e. The number of benzene rings is 1. The van der Waals surface area contributed by atoms with Crippen molar-refractivity contribution in [3.05, 3.63) is 29.3 Å². The molecule has 106 valence electrons. The number of nitrogens with two attached hydrogens (primary N) is 1. The summed E-state index contributed by atoms with van der Waals surface area (Å²) in [5.74, 6) is 0.735. The first-order valence-electron chi connectivity index (χ1n) is 7.28. The van der Waals surface area contributed by atoms with Crippen LogP contribution < -0.4 is 10.6 Å². The molecule has 0 amide bonds. The van der Waals surface area contributed by atoms with Crippen molar-refractivity contribution in [1.82, 2.24) is 0 Å². The van der Waals surface area contributed by atoms with E-state index < -0.39 is 0 Å². The van der Waals surface area contributed by atoms with Crippen molar-refractivity contribution >= 4 is 5.69 Å². The highest BCUT2D eigenvalue weighted by molar-refractivity contribution is 5.51. The van der Waals surface area contributed by atoms with Gasteiger partial charge in [-0.15, -0.1) is 0 Å². The van der Waals surface area contributed by atoms with Gasteiger partial charge in [0, 0.05) is 32.5 Å². The van der Waals surface area contributed by atoms with Gasteiger partial charge in [0.15, 0.2) is 0 Å². The third kappa shape index (κ3) is 3.71. The van der Waals surface area contributed by atoms with E-state index in [0.717, 1.165) is 38.6 Å². The molecular formula is C16H26N2O. The van der Waals surface area contributed by atoms with Crippen LogP contribution in [0.15, 0.2) is 18.2 Å². The minimum atomic E-state index is 0.725. The van der Waals surface area contributed by atoms with Crippen LogP contribution in [0.5, 0.6) is 0 Å². The van der Waals surface area contributed by atoms with Gasteiger partial charge in [-0.3, -0.25) is 0 Å². The summed E-state index contributed by atoms with van der Waals surface area (Å²) < 4.78 is 5.25. The van der Waals surface area contributed by atoms with Gasteiger partial charge in [-0.1, -0.05) is 6.07 Å². The van der Waals surface area contributed by atoms with Crippen LogP contribution >= 0.6 is 0 Å². The van der Waals surface area contributed by atoms with E-state index in [1.54, 1.807) is 7.11 Å². The lowest BCUT2D eigenvalue weighted by molar-refractivity contribution is 0.139. The zero-order chi connectivity index (χ0) is 13.7. The quantitative estimate of drug-likeness (QED) is 0.885. The van der Waals surface area contributed by atoms with E-state index >= 15 is 0 Å². The lowest BCUT2D eigenvalue weighted by atomic mass is 9.96. The zero-order valence-electron chi connectivity index (χ0n) is 12.2. The van der Waals surface area contributed by atoms with E-state index in [1.807, 2.05) is 0 Å². The molecule has 0 spiro atoms. The average molecular weight is 262 g/mol. The Hall–Kier alpha value is -1.06. The van der Waals surface area contributed by atoms with Crippen molar-refractivity contribution in [2.24, 2.45) is 11.7 Å². The van der Waals surface area contributed by atoms with Gasteiger partial charge in [0.25, 0.3) is 0 Å². The number of nitrogens with zero attached hydrogens (tertiary/aromatic N) is 1. The molecule has 0 unspecified atom stereocenters. The van der Waals surface area contributed by atoms with E-state index in [4.69, 9.17) is 10.5 Å². The van der Waals surface area contributed by atoms with Gasteiger partial charge in [-0.05, 0) is 61.9 Å². The molecule has 1 heterocycles. The average Bonchev–Trinajstić information content (AvgIpc) is 2.43. The van der Waals surface area contributed by atoms with Crippen LogP contribution in [-0.4, -0.2) is 33.4 Å². The second-order valence-corrected chi connectivity index (χ2v) is 5.54. The molecular weight excluding hydrogens is 236 g/mol. The van der Waals surface area contributed by atoms with Crippen molar-refractivity contribution < 1.29 is 4.74 Å². The molecule has 0 aromatic heterocycles. The van der Waals surface area contributed by atoms with Crippen molar-refractivity contribution in [3.8, 4) is 0 Å². The second-order valence-electron chi connectivity index (χ2n) is 5.54. The third-order valence-electron chi connectivity index (χ3n) is 4.12. The monoisotopic (exact) mass is 262 g/mol. The fourth-order valence-corrected chi connectivity index (χ4v) is 2.91. The molecule has 1 aliphatic heterocycles. The minimum absolute atomic E-state index is 0.725. The standard InChI is InChI=1S/C16H26N2O/c1-13-11-16(4-3-15(13)5-8-17)18-9-6-14(7-10-18)12-19-2/h3-4,11,14H,5-10,12,17H2,1-2H3. The van der Waals surface area contributed by atoms with Crippen molar-refractivity contribution in [2.45, 2.75) is 26.2 Å². The molecule has 0 aliphatic carbocycles. The maximum absolute atomic E-state index is 5.63. The van der Waals surface area contributed by atoms with Gasteiger partial charge in [0.2, 0.25) is 0 Å². The number of rotatable bonds is 5. The molecule has 0 radical (unpaired) electrons. The van der Waals surface area contributed by atoms with Crippen LogP contribution in [0.25, 0.3) is 0 Å². The number of hydrogen-bond donors (Lipinski definition) is 1. The van der Waals surface area contributed by atoms with Crippen LogP contribution in [0.4, 0.5) is 5.69 Å². The highest BCUT2D eigenvalue weighted by Gasteiger charge is 2.19. The number of piperidine rings is 1. The Labute approximate surface area is 116 Å². The molecule has 0 bridgehead atoms. The Kier molecular flexibility index (Phi) is 5.23. The van der Waals surface area contributed by atoms with E-state index in [9.17, 15) is 0 Å². The van der Waals surface area contributed by atoms with E-state index in [0.29, 0.717) is 0 Å². The molecule has 19 heavy (non-hydrogen) atoms. The Morgan fingerprint density at radius 1 is 1.32 bits per heavy atom. The molecule has 3 heteroatoms. The fourth-order valence-electron chi connectivity index (χ4n) is 2.91. The molecule has 3 nitrogen and oxygen atoms in total. The predicted molar refractivity (Wildman–Crippen MR) is 80.8 cm³/mol. The molecule has 1 aromatic carbocycles. The zero-order valence-corrected chi connectivity index (χ0v) is 12.2. The van der Waals surface area contributed by atoms with Crippen LogP contribution in [0, 0.1) is 12.8 Å². The molecule has 1 aliphatic rings. The Bertz CT molecular complexity index is 398. The molecule has 1 aromatic rings. The smallest absolute Gasteiger partial charge is 0.0491 e. The summed E-state index contributed by atoms with van der Waals surface area (Å²) in [6, 6.07) is 6.79. The van der Waals surface area contributed by atoms with Gasteiger partial charge in [0.05, 0.1) is 0 Å². The Morgan fingerprint density at radius 3 is 2.63 bits per heavy atom. The van der Waals surface area contributed by atoms with Crippen molar-refractivity contribution in [1.29, 1.82) is 0 Å². The summed E-state index contributed by atoms with van der Waals surface area (Å²) in [6.45, 7) is 6.10. The number of aryl methyl sites for hydroxylation is 1. The Balaban J connectivity index is 1.97. The predicted octanol–water partition coefficient (Wildman–Crippen LogP) is 2.36. The number of hydrogen-bond acceptors (Lipinski definition) is 3. The topological polar surface area (TPSA) is 38.5 Å².